The summed E-state index contributed by atoms with van der Waals surface area (Å²) in [5.74, 6) is -1.26. The van der Waals surface area contributed by atoms with Gasteiger partial charge in [-0.1, -0.05) is 18.2 Å². The highest BCUT2D eigenvalue weighted by molar-refractivity contribution is 7.90. The Kier molecular flexibility index (Phi) is 4.90. The Morgan fingerprint density at radius 3 is 2.61 bits per heavy atom. The van der Waals surface area contributed by atoms with Gasteiger partial charge in [0.05, 0.1) is 28.9 Å². The first-order valence-corrected chi connectivity index (χ1v) is 10.2. The van der Waals surface area contributed by atoms with Crippen molar-refractivity contribution in [2.45, 2.75) is 17.3 Å². The van der Waals surface area contributed by atoms with Crippen molar-refractivity contribution in [3.63, 3.8) is 0 Å². The molecule has 3 aromatic rings. The maximum absolute atomic E-state index is 13.1. The zero-order valence-electron chi connectivity index (χ0n) is 19.4. The van der Waals surface area contributed by atoms with E-state index in [9.17, 15) is 23.3 Å². The predicted octanol–water partition coefficient (Wildman–Crippen LogP) is 2.17. The Hall–Kier alpha value is -3.51. The summed E-state index contributed by atoms with van der Waals surface area (Å²) in [5, 5.41) is 14.1. The van der Waals surface area contributed by atoms with Crippen molar-refractivity contribution in [2.24, 2.45) is 0 Å². The molecule has 12 heteroatoms. The molecule has 1 N–H and O–H groups in total. The van der Waals surface area contributed by atoms with Crippen molar-refractivity contribution in [2.75, 3.05) is 26.1 Å². The fourth-order valence-electron chi connectivity index (χ4n) is 2.97. The van der Waals surface area contributed by atoms with Crippen LogP contribution in [-0.4, -0.2) is 54.6 Å². The first-order valence-electron chi connectivity index (χ1n) is 10.2. The van der Waals surface area contributed by atoms with Gasteiger partial charge in [0, 0.05) is 17.4 Å². The highest BCUT2D eigenvalue weighted by atomic mass is 32.2. The fourth-order valence-corrected chi connectivity index (χ4v) is 4.29. The number of carbonyl (C=O) groups is 1. The molecule has 164 valence electrons. The van der Waals surface area contributed by atoms with Crippen LogP contribution in [0.3, 0.4) is 0 Å². The third kappa shape index (κ3) is 3.94. The molecule has 0 aliphatic heterocycles. The number of methoxy groups -OCH3 is 2. The Morgan fingerprint density at radius 2 is 2.03 bits per heavy atom. The average molecular weight is 451 g/mol. The minimum absolute atomic E-state index is 0.0621. The summed E-state index contributed by atoms with van der Waals surface area (Å²) in [6.07, 6.45) is 1.90. The van der Waals surface area contributed by atoms with Crippen LogP contribution in [-0.2, 0) is 24.3 Å². The molecule has 0 saturated heterocycles. The Balaban J connectivity index is 2.31. The number of nitrogens with zero attached hydrogens (tertiary/aromatic N) is 3. The van der Waals surface area contributed by atoms with Gasteiger partial charge in [0.15, 0.2) is 11.2 Å². The van der Waals surface area contributed by atoms with E-state index in [1.54, 1.807) is 6.07 Å². The second-order valence-electron chi connectivity index (χ2n) is 6.40. The first-order chi connectivity index (χ1) is 15.9. The molecule has 2 aromatic heterocycles. The number of carbonyl (C=O) groups excluding carboxylic acids is 1. The number of nitro groups is 1. The van der Waals surface area contributed by atoms with Crippen LogP contribution in [0, 0.1) is 10.1 Å². The van der Waals surface area contributed by atoms with Crippen molar-refractivity contribution in [1.82, 2.24) is 8.96 Å². The van der Waals surface area contributed by atoms with Gasteiger partial charge in [-0.25, -0.2) is 22.2 Å². The fraction of sp³-hybridized carbons (Fsp3) is 0.263. The summed E-state index contributed by atoms with van der Waals surface area (Å²) < 4.78 is 60.5. The number of anilines is 1. The molecule has 1 aromatic carbocycles. The molecule has 3 rings (SSSR count). The molecule has 0 bridgehead atoms. The van der Waals surface area contributed by atoms with E-state index in [1.165, 1.54) is 30.3 Å². The van der Waals surface area contributed by atoms with Crippen molar-refractivity contribution >= 4 is 38.4 Å². The van der Waals surface area contributed by atoms with Gasteiger partial charge in [-0.05, 0) is 25.1 Å². The molecular formula is C19H20N4O7S. The number of hydrogen-bond donors (Lipinski definition) is 1. The largest absolute Gasteiger partial charge is 0.467 e. The van der Waals surface area contributed by atoms with Crippen molar-refractivity contribution in [1.29, 1.82) is 0 Å². The molecular weight excluding hydrogens is 428 g/mol. The zero-order chi connectivity index (χ0) is 25.3. The average Bonchev–Trinajstić information content (AvgIpc) is 3.23. The third-order valence-electron chi connectivity index (χ3n) is 4.39. The molecule has 2 heterocycles. The maximum Gasteiger partial charge on any atom is 0.333 e. The van der Waals surface area contributed by atoms with Gasteiger partial charge in [0.25, 0.3) is 10.0 Å². The van der Waals surface area contributed by atoms with Crippen LogP contribution in [0.2, 0.25) is 0 Å². The SMILES string of the molecule is [2H]C([2H])([2H])[C@@](COC)(Nc1c([N+](=O)[O-])cnc2c1ccn2S(=O)(=O)c1ccccc1)C(=O)OC. The quantitative estimate of drug-likeness (QED) is 0.309. The molecule has 1 atom stereocenters. The highest BCUT2D eigenvalue weighted by Gasteiger charge is 2.38. The Labute approximate surface area is 182 Å². The molecule has 31 heavy (non-hydrogen) atoms. The monoisotopic (exact) mass is 451 g/mol. The Bertz CT molecular complexity index is 1340. The minimum atomic E-state index is -4.15. The van der Waals surface area contributed by atoms with Crippen LogP contribution in [0.15, 0.2) is 53.7 Å². The van der Waals surface area contributed by atoms with Crippen molar-refractivity contribution in [3.8, 4) is 0 Å². The number of fused-ring (bicyclic) bond motifs is 1. The van der Waals surface area contributed by atoms with Crippen LogP contribution in [0.5, 0.6) is 0 Å². The van der Waals surface area contributed by atoms with Crippen LogP contribution < -0.4 is 5.32 Å². The van der Waals surface area contributed by atoms with E-state index in [4.69, 9.17) is 8.85 Å². The second kappa shape index (κ2) is 8.32. The lowest BCUT2D eigenvalue weighted by atomic mass is 10.0. The summed E-state index contributed by atoms with van der Waals surface area (Å²) >= 11 is 0. The highest BCUT2D eigenvalue weighted by Crippen LogP contribution is 2.35. The number of rotatable bonds is 8. The molecule has 0 aliphatic rings. The molecule has 0 amide bonds. The van der Waals surface area contributed by atoms with Gasteiger partial charge < -0.3 is 14.8 Å². The molecule has 0 spiro atoms. The van der Waals surface area contributed by atoms with Crippen LogP contribution in [0.25, 0.3) is 11.0 Å². The number of aromatic nitrogens is 2. The standard InChI is InChI=1S/C19H20N4O7S/c1-19(12-29-2,18(24)30-3)21-16-14-9-10-22(17(14)20-11-15(16)23(25)26)31(27,28)13-7-5-4-6-8-13/h4-11H,12H2,1-3H3,(H,20,21)/t19-/m0/s1/i1D3. The van der Waals surface area contributed by atoms with E-state index in [2.05, 4.69) is 15.0 Å². The van der Waals surface area contributed by atoms with E-state index >= 15 is 0 Å². The molecule has 0 aliphatic carbocycles. The van der Waals surface area contributed by atoms with E-state index < -0.39 is 51.3 Å². The summed E-state index contributed by atoms with van der Waals surface area (Å²) in [4.78, 5) is 27.4. The summed E-state index contributed by atoms with van der Waals surface area (Å²) in [5.41, 5.74) is -3.89. The second-order valence-corrected chi connectivity index (χ2v) is 8.21. The lowest BCUT2D eigenvalue weighted by molar-refractivity contribution is -0.384. The number of pyridine rings is 1. The normalized spacial score (nSPS) is 15.4. The summed E-state index contributed by atoms with van der Waals surface area (Å²) in [6, 6.07) is 8.62. The first kappa shape index (κ1) is 18.3. The van der Waals surface area contributed by atoms with Gasteiger partial charge >= 0.3 is 11.7 Å². The zero-order valence-corrected chi connectivity index (χ0v) is 17.3. The topological polar surface area (TPSA) is 143 Å². The van der Waals surface area contributed by atoms with Crippen LogP contribution in [0.1, 0.15) is 11.0 Å². The van der Waals surface area contributed by atoms with Gasteiger partial charge in [-0.3, -0.25) is 10.1 Å². The van der Waals surface area contributed by atoms with Crippen molar-refractivity contribution in [3.05, 3.63) is 58.9 Å². The van der Waals surface area contributed by atoms with E-state index in [0.717, 1.165) is 30.6 Å². The molecule has 0 fully saturated rings. The van der Waals surface area contributed by atoms with E-state index in [-0.39, 0.29) is 15.9 Å². The van der Waals surface area contributed by atoms with Crippen LogP contribution in [0.4, 0.5) is 11.4 Å². The van der Waals surface area contributed by atoms with Gasteiger partial charge in [0.1, 0.15) is 11.9 Å². The van der Waals surface area contributed by atoms with E-state index in [0.29, 0.717) is 0 Å². The number of nitrogens with one attached hydrogen (secondary N) is 1. The van der Waals surface area contributed by atoms with Gasteiger partial charge in [-0.2, -0.15) is 0 Å². The van der Waals surface area contributed by atoms with Crippen LogP contribution >= 0.6 is 0 Å². The maximum atomic E-state index is 13.1. The smallest absolute Gasteiger partial charge is 0.333 e. The van der Waals surface area contributed by atoms with Crippen molar-refractivity contribution < 1.29 is 31.7 Å². The predicted molar refractivity (Wildman–Crippen MR) is 111 cm³/mol. The lowest BCUT2D eigenvalue weighted by Crippen LogP contribution is -2.48. The number of benzene rings is 1. The number of esters is 1. The molecule has 0 saturated carbocycles. The molecule has 11 nitrogen and oxygen atoms in total. The Morgan fingerprint density at radius 1 is 1.32 bits per heavy atom. The van der Waals surface area contributed by atoms with Gasteiger partial charge in [-0.15, -0.1) is 0 Å². The summed E-state index contributed by atoms with van der Waals surface area (Å²) in [6.45, 7) is -3.82. The minimum Gasteiger partial charge on any atom is -0.467 e. The third-order valence-corrected chi connectivity index (χ3v) is 6.07. The number of hydrogen-bond acceptors (Lipinski definition) is 9. The van der Waals surface area contributed by atoms with Gasteiger partial charge in [0.2, 0.25) is 0 Å². The van der Waals surface area contributed by atoms with E-state index in [1.807, 2.05) is 0 Å². The molecule has 0 unspecified atom stereocenters. The molecule has 0 radical (unpaired) electrons. The lowest BCUT2D eigenvalue weighted by Gasteiger charge is -2.28. The summed E-state index contributed by atoms with van der Waals surface area (Å²) in [7, 11) is -2.04. The number of ether oxygens (including phenoxy) is 2.